The summed E-state index contributed by atoms with van der Waals surface area (Å²) in [7, 11) is 0. The van der Waals surface area contributed by atoms with Crippen LogP contribution in [0.1, 0.15) is 47.3 Å². The zero-order valence-corrected chi connectivity index (χ0v) is 12.0. The summed E-state index contributed by atoms with van der Waals surface area (Å²) in [5.74, 6) is -0.0136. The minimum absolute atomic E-state index is 0.167. The lowest BCUT2D eigenvalue weighted by Gasteiger charge is -2.26. The number of nitrogens with zero attached hydrogens (tertiary/aromatic N) is 1. The number of hydrogen-bond acceptors (Lipinski definition) is 4. The maximum Gasteiger partial charge on any atom is 0.339 e. The molecular weight excluding hydrogens is 256 g/mol. The van der Waals surface area contributed by atoms with Crippen molar-refractivity contribution in [2.24, 2.45) is 5.92 Å². The van der Waals surface area contributed by atoms with Gasteiger partial charge in [-0.3, -0.25) is 0 Å². The molecule has 1 saturated carbocycles. The Bertz CT molecular complexity index is 494. The Morgan fingerprint density at radius 1 is 1.35 bits per heavy atom. The molecule has 1 aromatic rings. The van der Waals surface area contributed by atoms with E-state index in [2.05, 4.69) is 10.3 Å². The number of aliphatic hydroxyl groups excluding tert-OH is 1. The Morgan fingerprint density at radius 2 is 2.00 bits per heavy atom. The van der Waals surface area contributed by atoms with Gasteiger partial charge in [0.15, 0.2) is 0 Å². The molecule has 0 unspecified atom stereocenters. The van der Waals surface area contributed by atoms with Crippen molar-refractivity contribution in [3.05, 3.63) is 22.9 Å². The van der Waals surface area contributed by atoms with Crippen LogP contribution in [0.3, 0.4) is 0 Å². The summed E-state index contributed by atoms with van der Waals surface area (Å²) in [5, 5.41) is 22.0. The van der Waals surface area contributed by atoms with Crippen LogP contribution in [-0.2, 0) is 0 Å². The second-order valence-corrected chi connectivity index (χ2v) is 5.66. The van der Waals surface area contributed by atoms with Gasteiger partial charge in [-0.05, 0) is 57.1 Å². The normalized spacial score (nSPS) is 22.6. The molecule has 1 aliphatic carbocycles. The number of hydrogen-bond donors (Lipinski definition) is 3. The number of carboxylic acid groups (broad SMARTS) is 1. The van der Waals surface area contributed by atoms with E-state index in [9.17, 15) is 15.0 Å². The lowest BCUT2D eigenvalue weighted by molar-refractivity contribution is 0.0696. The fraction of sp³-hybridized carbons (Fsp3) is 0.600. The third-order valence-corrected chi connectivity index (χ3v) is 3.93. The quantitative estimate of drug-likeness (QED) is 0.787. The third-order valence-electron chi connectivity index (χ3n) is 3.93. The Hall–Kier alpha value is -1.62. The van der Waals surface area contributed by atoms with Gasteiger partial charge in [0.25, 0.3) is 0 Å². The standard InChI is InChI=1S/C15H22N2O3/c1-9-7-10(2)17-14(13(9)15(19)20)16-8-11-3-5-12(18)6-4-11/h7,11-12,18H,3-6,8H2,1-2H3,(H,16,17)(H,19,20). The first-order valence-electron chi connectivity index (χ1n) is 7.11. The summed E-state index contributed by atoms with van der Waals surface area (Å²) in [5.41, 5.74) is 1.80. The van der Waals surface area contributed by atoms with Crippen LogP contribution in [-0.4, -0.2) is 33.8 Å². The molecule has 110 valence electrons. The maximum absolute atomic E-state index is 11.3. The van der Waals surface area contributed by atoms with E-state index in [4.69, 9.17) is 0 Å². The summed E-state index contributed by atoms with van der Waals surface area (Å²) in [6.07, 6.45) is 3.44. The molecule has 5 heteroatoms. The van der Waals surface area contributed by atoms with E-state index in [1.54, 1.807) is 13.0 Å². The molecule has 1 heterocycles. The molecule has 2 rings (SSSR count). The minimum Gasteiger partial charge on any atom is -0.478 e. The van der Waals surface area contributed by atoms with Gasteiger partial charge in [0.1, 0.15) is 11.4 Å². The van der Waals surface area contributed by atoms with Crippen molar-refractivity contribution in [2.75, 3.05) is 11.9 Å². The number of pyridine rings is 1. The second-order valence-electron chi connectivity index (χ2n) is 5.66. The van der Waals surface area contributed by atoms with Crippen molar-refractivity contribution in [2.45, 2.75) is 45.6 Å². The number of aliphatic hydroxyl groups is 1. The number of carbonyl (C=O) groups is 1. The Morgan fingerprint density at radius 3 is 2.60 bits per heavy atom. The molecule has 0 aromatic carbocycles. The van der Waals surface area contributed by atoms with Gasteiger partial charge < -0.3 is 15.5 Å². The van der Waals surface area contributed by atoms with Gasteiger partial charge in [-0.25, -0.2) is 9.78 Å². The Balaban J connectivity index is 2.07. The lowest BCUT2D eigenvalue weighted by atomic mass is 9.87. The van der Waals surface area contributed by atoms with Gasteiger partial charge in [0, 0.05) is 12.2 Å². The summed E-state index contributed by atoms with van der Waals surface area (Å²) in [6, 6.07) is 1.78. The molecule has 5 nitrogen and oxygen atoms in total. The molecule has 20 heavy (non-hydrogen) atoms. The van der Waals surface area contributed by atoms with Crippen LogP contribution in [0.4, 0.5) is 5.82 Å². The molecule has 0 spiro atoms. The summed E-state index contributed by atoms with van der Waals surface area (Å²) in [4.78, 5) is 15.6. The molecule has 0 radical (unpaired) electrons. The van der Waals surface area contributed by atoms with Crippen LogP contribution in [0.25, 0.3) is 0 Å². The summed E-state index contributed by atoms with van der Waals surface area (Å²) >= 11 is 0. The van der Waals surface area contributed by atoms with E-state index < -0.39 is 5.97 Å². The van der Waals surface area contributed by atoms with Gasteiger partial charge in [-0.1, -0.05) is 0 Å². The van der Waals surface area contributed by atoms with Crippen molar-refractivity contribution < 1.29 is 15.0 Å². The first-order valence-corrected chi connectivity index (χ1v) is 7.11. The Kier molecular flexibility index (Phi) is 4.60. The molecule has 3 N–H and O–H groups in total. The molecule has 0 aliphatic heterocycles. The second kappa shape index (κ2) is 6.22. The first-order chi connectivity index (χ1) is 9.47. The highest BCUT2D eigenvalue weighted by molar-refractivity contribution is 5.94. The van der Waals surface area contributed by atoms with Gasteiger partial charge in [-0.2, -0.15) is 0 Å². The summed E-state index contributed by atoms with van der Waals surface area (Å²) < 4.78 is 0. The van der Waals surface area contributed by atoms with E-state index in [0.29, 0.717) is 18.3 Å². The molecule has 1 aliphatic rings. The largest absolute Gasteiger partial charge is 0.478 e. The van der Waals surface area contributed by atoms with Gasteiger partial charge in [0.2, 0.25) is 0 Å². The van der Waals surface area contributed by atoms with E-state index in [1.165, 1.54) is 0 Å². The number of aromatic carboxylic acids is 1. The molecule has 1 aromatic heterocycles. The highest BCUT2D eigenvalue weighted by Crippen LogP contribution is 2.25. The van der Waals surface area contributed by atoms with Crippen LogP contribution in [0.5, 0.6) is 0 Å². The highest BCUT2D eigenvalue weighted by atomic mass is 16.4. The lowest BCUT2D eigenvalue weighted by Crippen LogP contribution is -2.24. The zero-order chi connectivity index (χ0) is 14.7. The number of aromatic nitrogens is 1. The molecular formula is C15H22N2O3. The summed E-state index contributed by atoms with van der Waals surface area (Å²) in [6.45, 7) is 4.37. The van der Waals surface area contributed by atoms with Gasteiger partial charge >= 0.3 is 5.97 Å². The zero-order valence-electron chi connectivity index (χ0n) is 12.0. The van der Waals surface area contributed by atoms with E-state index in [-0.39, 0.29) is 11.7 Å². The average molecular weight is 278 g/mol. The highest BCUT2D eigenvalue weighted by Gasteiger charge is 2.21. The number of anilines is 1. The molecule has 0 atom stereocenters. The van der Waals surface area contributed by atoms with E-state index in [0.717, 1.165) is 36.9 Å². The SMILES string of the molecule is Cc1cc(C)c(C(=O)O)c(NCC2CCC(O)CC2)n1. The van der Waals surface area contributed by atoms with Crippen LogP contribution in [0.15, 0.2) is 6.07 Å². The van der Waals surface area contributed by atoms with Gasteiger partial charge in [-0.15, -0.1) is 0 Å². The number of nitrogens with one attached hydrogen (secondary N) is 1. The first kappa shape index (κ1) is 14.8. The van der Waals surface area contributed by atoms with Crippen molar-refractivity contribution in [3.8, 4) is 0 Å². The predicted molar refractivity (Wildman–Crippen MR) is 77.1 cm³/mol. The monoisotopic (exact) mass is 278 g/mol. The van der Waals surface area contributed by atoms with E-state index >= 15 is 0 Å². The fourth-order valence-electron chi connectivity index (χ4n) is 2.82. The van der Waals surface area contributed by atoms with Gasteiger partial charge in [0.05, 0.1) is 6.10 Å². The van der Waals surface area contributed by atoms with Crippen LogP contribution in [0, 0.1) is 19.8 Å². The Labute approximate surface area is 119 Å². The molecule has 1 fully saturated rings. The topological polar surface area (TPSA) is 82.5 Å². The maximum atomic E-state index is 11.3. The van der Waals surface area contributed by atoms with Crippen molar-refractivity contribution in [3.63, 3.8) is 0 Å². The minimum atomic E-state index is -0.948. The average Bonchev–Trinajstić information content (AvgIpc) is 2.36. The predicted octanol–water partition coefficient (Wildman–Crippen LogP) is 2.36. The molecule has 0 amide bonds. The van der Waals surface area contributed by atoms with Crippen molar-refractivity contribution in [1.82, 2.24) is 4.98 Å². The fourth-order valence-corrected chi connectivity index (χ4v) is 2.82. The molecule has 0 bridgehead atoms. The molecule has 0 saturated heterocycles. The van der Waals surface area contributed by atoms with E-state index in [1.807, 2.05) is 6.92 Å². The number of carboxylic acids is 1. The smallest absolute Gasteiger partial charge is 0.339 e. The van der Waals surface area contributed by atoms with Crippen LogP contribution in [0.2, 0.25) is 0 Å². The van der Waals surface area contributed by atoms with Crippen LogP contribution >= 0.6 is 0 Å². The van der Waals surface area contributed by atoms with Crippen LogP contribution < -0.4 is 5.32 Å². The number of rotatable bonds is 4. The van der Waals surface area contributed by atoms with Crippen molar-refractivity contribution >= 4 is 11.8 Å². The third kappa shape index (κ3) is 3.48. The number of aryl methyl sites for hydroxylation is 2. The van der Waals surface area contributed by atoms with Crippen molar-refractivity contribution in [1.29, 1.82) is 0 Å².